The van der Waals surface area contributed by atoms with Crippen molar-refractivity contribution in [3.63, 3.8) is 0 Å². The largest absolute Gasteiger partial charge is 0.486 e. The number of hydrogen-bond acceptors (Lipinski definition) is 7. The second-order valence-electron chi connectivity index (χ2n) is 7.74. The van der Waals surface area contributed by atoms with E-state index in [1.165, 1.54) is 4.31 Å². The van der Waals surface area contributed by atoms with E-state index in [1.807, 2.05) is 13.8 Å². The number of carbonyl (C=O) groups is 1. The molecule has 8 nitrogen and oxygen atoms in total. The van der Waals surface area contributed by atoms with Gasteiger partial charge in [-0.15, -0.1) is 0 Å². The lowest BCUT2D eigenvalue weighted by molar-refractivity contribution is -0.0440. The van der Waals surface area contributed by atoms with Crippen LogP contribution in [0.2, 0.25) is 0 Å². The fourth-order valence-corrected chi connectivity index (χ4v) is 5.31. The molecule has 2 aromatic rings. The number of rotatable bonds is 6. The lowest BCUT2D eigenvalue weighted by Gasteiger charge is -2.34. The summed E-state index contributed by atoms with van der Waals surface area (Å²) in [6.45, 7) is 5.42. The summed E-state index contributed by atoms with van der Waals surface area (Å²) in [7, 11) is -3.59. The lowest BCUT2D eigenvalue weighted by atomic mass is 10.1. The number of anilines is 1. The van der Waals surface area contributed by atoms with Crippen LogP contribution in [0.4, 0.5) is 5.69 Å². The molecule has 0 spiro atoms. The van der Waals surface area contributed by atoms with Gasteiger partial charge in [0, 0.05) is 24.3 Å². The first-order valence-electron chi connectivity index (χ1n) is 10.3. The van der Waals surface area contributed by atoms with Gasteiger partial charge in [0.15, 0.2) is 17.3 Å². The number of hydrogen-bond donors (Lipinski definition) is 1. The Kier molecular flexibility index (Phi) is 6.17. The second-order valence-corrected chi connectivity index (χ2v) is 9.68. The first-order valence-corrected chi connectivity index (χ1v) is 11.7. The van der Waals surface area contributed by atoms with Gasteiger partial charge in [0.1, 0.15) is 13.2 Å². The number of nitrogens with one attached hydrogen (secondary N) is 1. The monoisotopic (exact) mass is 446 g/mol. The minimum atomic E-state index is -3.59. The molecule has 2 aromatic carbocycles. The quantitative estimate of drug-likeness (QED) is 0.682. The Bertz CT molecular complexity index is 1040. The standard InChI is InChI=1S/C22H26N2O6S/c1-15-13-24(14-16(2)30-15)31(26,27)19-6-4-18(5-7-19)23-12-20(25)17-3-8-21-22(11-17)29-10-9-28-21/h3-8,11,15-16,23H,9-10,12-14H2,1-2H3. The molecule has 9 heteroatoms. The molecule has 0 amide bonds. The van der Waals surface area contributed by atoms with Crippen LogP contribution in [0.5, 0.6) is 11.5 Å². The van der Waals surface area contributed by atoms with Crippen LogP contribution in [0.3, 0.4) is 0 Å². The van der Waals surface area contributed by atoms with Crippen molar-refractivity contribution in [2.24, 2.45) is 0 Å². The van der Waals surface area contributed by atoms with E-state index in [1.54, 1.807) is 42.5 Å². The summed E-state index contributed by atoms with van der Waals surface area (Å²) in [5, 5.41) is 3.05. The molecule has 1 fully saturated rings. The normalized spacial score (nSPS) is 21.5. The number of carbonyl (C=O) groups excluding carboxylic acids is 1. The Balaban J connectivity index is 1.39. The SMILES string of the molecule is CC1CN(S(=O)(=O)c2ccc(NCC(=O)c3ccc4c(c3)OCCO4)cc2)CC(C)O1. The molecule has 1 N–H and O–H groups in total. The zero-order valence-corrected chi connectivity index (χ0v) is 18.4. The van der Waals surface area contributed by atoms with Gasteiger partial charge in [0.25, 0.3) is 0 Å². The summed E-state index contributed by atoms with van der Waals surface area (Å²) in [6.07, 6.45) is -0.294. The second kappa shape index (κ2) is 8.86. The number of morpholine rings is 1. The highest BCUT2D eigenvalue weighted by Crippen LogP contribution is 2.31. The highest BCUT2D eigenvalue weighted by molar-refractivity contribution is 7.89. The van der Waals surface area contributed by atoms with Crippen molar-refractivity contribution in [2.75, 3.05) is 38.2 Å². The number of Topliss-reactive ketones (excluding diaryl/α,β-unsaturated/α-hetero) is 1. The number of fused-ring (bicyclic) bond motifs is 1. The molecule has 0 aliphatic carbocycles. The summed E-state index contributed by atoms with van der Waals surface area (Å²) >= 11 is 0. The van der Waals surface area contributed by atoms with E-state index >= 15 is 0 Å². The molecule has 1 saturated heterocycles. The van der Waals surface area contributed by atoms with Crippen molar-refractivity contribution in [1.82, 2.24) is 4.31 Å². The summed E-state index contributed by atoms with van der Waals surface area (Å²) in [6, 6.07) is 11.5. The minimum absolute atomic E-state index is 0.0736. The van der Waals surface area contributed by atoms with Crippen molar-refractivity contribution < 1.29 is 27.4 Å². The van der Waals surface area contributed by atoms with E-state index in [-0.39, 0.29) is 29.4 Å². The third kappa shape index (κ3) is 4.84. The van der Waals surface area contributed by atoms with Crippen LogP contribution in [-0.4, -0.2) is 63.6 Å². The van der Waals surface area contributed by atoms with Gasteiger partial charge >= 0.3 is 0 Å². The third-order valence-corrected chi connectivity index (χ3v) is 7.04. The fourth-order valence-electron chi connectivity index (χ4n) is 3.72. The molecule has 2 unspecified atom stereocenters. The van der Waals surface area contributed by atoms with Crippen LogP contribution < -0.4 is 14.8 Å². The van der Waals surface area contributed by atoms with Gasteiger partial charge in [-0.3, -0.25) is 4.79 Å². The van der Waals surface area contributed by atoms with Gasteiger partial charge in [0.2, 0.25) is 10.0 Å². The van der Waals surface area contributed by atoms with Crippen molar-refractivity contribution in [2.45, 2.75) is 31.0 Å². The van der Waals surface area contributed by atoms with Crippen molar-refractivity contribution >= 4 is 21.5 Å². The fraction of sp³-hybridized carbons (Fsp3) is 0.409. The Morgan fingerprint density at radius 2 is 1.65 bits per heavy atom. The van der Waals surface area contributed by atoms with Crippen LogP contribution >= 0.6 is 0 Å². The number of ketones is 1. The molecule has 0 saturated carbocycles. The first kappa shape index (κ1) is 21.6. The molecule has 166 valence electrons. The molecule has 2 heterocycles. The van der Waals surface area contributed by atoms with Crippen molar-refractivity contribution in [3.05, 3.63) is 48.0 Å². The molecule has 31 heavy (non-hydrogen) atoms. The number of sulfonamides is 1. The summed E-state index contributed by atoms with van der Waals surface area (Å²) in [4.78, 5) is 12.7. The molecule has 0 aromatic heterocycles. The van der Waals surface area contributed by atoms with Crippen LogP contribution in [-0.2, 0) is 14.8 Å². The Morgan fingerprint density at radius 1 is 1.00 bits per heavy atom. The Labute approximate surface area is 182 Å². The van der Waals surface area contributed by atoms with E-state index in [0.717, 1.165) is 0 Å². The topological polar surface area (TPSA) is 94.2 Å². The predicted octanol–water partition coefficient (Wildman–Crippen LogP) is 2.55. The smallest absolute Gasteiger partial charge is 0.243 e. The lowest BCUT2D eigenvalue weighted by Crippen LogP contribution is -2.48. The maximum absolute atomic E-state index is 12.9. The predicted molar refractivity (Wildman–Crippen MR) is 115 cm³/mol. The Morgan fingerprint density at radius 3 is 2.32 bits per heavy atom. The van der Waals surface area contributed by atoms with Crippen LogP contribution in [0.1, 0.15) is 24.2 Å². The zero-order chi connectivity index (χ0) is 22.0. The molecule has 4 rings (SSSR count). The zero-order valence-electron chi connectivity index (χ0n) is 17.5. The number of benzene rings is 2. The van der Waals surface area contributed by atoms with Crippen LogP contribution in [0.25, 0.3) is 0 Å². The van der Waals surface area contributed by atoms with E-state index in [2.05, 4.69) is 5.32 Å². The van der Waals surface area contributed by atoms with Crippen molar-refractivity contribution in [3.8, 4) is 11.5 Å². The summed E-state index contributed by atoms with van der Waals surface area (Å²) in [5.74, 6) is 1.10. The highest BCUT2D eigenvalue weighted by Gasteiger charge is 2.32. The molecule has 2 aliphatic rings. The maximum atomic E-state index is 12.9. The van der Waals surface area contributed by atoms with Gasteiger partial charge in [-0.1, -0.05) is 0 Å². The van der Waals surface area contributed by atoms with Crippen molar-refractivity contribution in [1.29, 1.82) is 0 Å². The van der Waals surface area contributed by atoms with E-state index < -0.39 is 10.0 Å². The van der Waals surface area contributed by atoms with Gasteiger partial charge in [-0.25, -0.2) is 8.42 Å². The average molecular weight is 447 g/mol. The van der Waals surface area contributed by atoms with Gasteiger partial charge in [-0.2, -0.15) is 4.31 Å². The molecule has 2 aliphatic heterocycles. The van der Waals surface area contributed by atoms with Gasteiger partial charge in [-0.05, 0) is 56.3 Å². The third-order valence-electron chi connectivity index (χ3n) is 5.20. The molecule has 0 radical (unpaired) electrons. The van der Waals surface area contributed by atoms with E-state index in [9.17, 15) is 13.2 Å². The maximum Gasteiger partial charge on any atom is 0.243 e. The average Bonchev–Trinajstić information content (AvgIpc) is 2.76. The Hall–Kier alpha value is -2.62. The minimum Gasteiger partial charge on any atom is -0.486 e. The summed E-state index contributed by atoms with van der Waals surface area (Å²) in [5.41, 5.74) is 1.18. The molecule has 2 atom stereocenters. The highest BCUT2D eigenvalue weighted by atomic mass is 32.2. The van der Waals surface area contributed by atoms with Gasteiger partial charge in [0.05, 0.1) is 23.6 Å². The molecular formula is C22H26N2O6S. The van der Waals surface area contributed by atoms with Gasteiger partial charge < -0.3 is 19.5 Å². The first-order chi connectivity index (χ1) is 14.8. The summed E-state index contributed by atoms with van der Waals surface area (Å²) < 4.78 is 43.9. The number of ether oxygens (including phenoxy) is 3. The molecule has 0 bridgehead atoms. The van der Waals surface area contributed by atoms with E-state index in [0.29, 0.717) is 49.1 Å². The van der Waals surface area contributed by atoms with Crippen LogP contribution in [0, 0.1) is 0 Å². The molecular weight excluding hydrogens is 420 g/mol. The van der Waals surface area contributed by atoms with Crippen LogP contribution in [0.15, 0.2) is 47.4 Å². The van der Waals surface area contributed by atoms with E-state index in [4.69, 9.17) is 14.2 Å². The number of nitrogens with zero attached hydrogens (tertiary/aromatic N) is 1.